The van der Waals surface area contributed by atoms with Crippen molar-refractivity contribution in [3.63, 3.8) is 0 Å². The zero-order chi connectivity index (χ0) is 23.3. The zero-order valence-corrected chi connectivity index (χ0v) is 18.1. The summed E-state index contributed by atoms with van der Waals surface area (Å²) in [5.74, 6) is -1.26. The lowest BCUT2D eigenvalue weighted by molar-refractivity contribution is -0.384. The largest absolute Gasteiger partial charge is 0.507 e. The molecule has 0 aromatic heterocycles. The Morgan fingerprint density at radius 1 is 1.12 bits per heavy atom. The number of aliphatic hydroxyl groups excluding tert-OH is 1. The van der Waals surface area contributed by atoms with E-state index in [1.807, 2.05) is 13.8 Å². The highest BCUT2D eigenvalue weighted by atomic mass is 16.6. The highest BCUT2D eigenvalue weighted by molar-refractivity contribution is 6.46. The lowest BCUT2D eigenvalue weighted by Gasteiger charge is -2.25. The van der Waals surface area contributed by atoms with Gasteiger partial charge in [-0.25, -0.2) is 0 Å². The van der Waals surface area contributed by atoms with Crippen LogP contribution >= 0.6 is 0 Å². The van der Waals surface area contributed by atoms with Crippen molar-refractivity contribution in [2.45, 2.75) is 39.2 Å². The fourth-order valence-electron chi connectivity index (χ4n) is 3.67. The number of amides is 1. The van der Waals surface area contributed by atoms with Crippen LogP contribution in [-0.2, 0) is 9.59 Å². The summed E-state index contributed by atoms with van der Waals surface area (Å²) < 4.78 is 5.61. The summed E-state index contributed by atoms with van der Waals surface area (Å²) in [5, 5.41) is 22.1. The van der Waals surface area contributed by atoms with Crippen molar-refractivity contribution in [1.82, 2.24) is 4.90 Å². The Morgan fingerprint density at radius 3 is 2.47 bits per heavy atom. The van der Waals surface area contributed by atoms with E-state index < -0.39 is 28.4 Å². The van der Waals surface area contributed by atoms with Gasteiger partial charge in [-0.2, -0.15) is 0 Å². The Hall–Kier alpha value is -3.68. The monoisotopic (exact) mass is 438 g/mol. The van der Waals surface area contributed by atoms with Gasteiger partial charge in [-0.15, -0.1) is 0 Å². The number of Topliss-reactive ketones (excluding diaryl/α,β-unsaturated/α-hetero) is 1. The molecule has 0 bridgehead atoms. The minimum Gasteiger partial charge on any atom is -0.507 e. The number of unbranched alkanes of at least 4 members (excludes halogenated alkanes) is 1. The zero-order valence-electron chi connectivity index (χ0n) is 18.1. The number of benzene rings is 2. The van der Waals surface area contributed by atoms with Gasteiger partial charge in [0.1, 0.15) is 11.5 Å². The van der Waals surface area contributed by atoms with Gasteiger partial charge in [-0.3, -0.25) is 19.7 Å². The summed E-state index contributed by atoms with van der Waals surface area (Å²) in [6.45, 7) is 4.91. The minimum absolute atomic E-state index is 0.0752. The van der Waals surface area contributed by atoms with E-state index in [-0.39, 0.29) is 16.8 Å². The number of nitro benzene ring substituents is 1. The molecule has 0 aliphatic carbocycles. The summed E-state index contributed by atoms with van der Waals surface area (Å²) in [4.78, 5) is 37.8. The number of carbonyl (C=O) groups excluding carboxylic acids is 2. The predicted molar refractivity (Wildman–Crippen MR) is 119 cm³/mol. The third kappa shape index (κ3) is 4.64. The van der Waals surface area contributed by atoms with E-state index in [9.17, 15) is 24.8 Å². The van der Waals surface area contributed by atoms with Crippen LogP contribution in [-0.4, -0.2) is 39.8 Å². The Bertz CT molecular complexity index is 1040. The standard InChI is InChI=1S/C24H26N2O6/c1-3-5-13-25-21(16-9-11-19(12-10-16)32-14-4-2)20(23(28)24(25)29)22(27)17-7-6-8-18(15-17)26(30)31/h6-12,15,21,27H,3-5,13-14H2,1-2H3/b22-20-. The van der Waals surface area contributed by atoms with E-state index in [4.69, 9.17) is 4.74 Å². The molecule has 8 heteroatoms. The van der Waals surface area contributed by atoms with Gasteiger partial charge in [0.25, 0.3) is 17.4 Å². The molecule has 0 spiro atoms. The van der Waals surface area contributed by atoms with E-state index in [1.165, 1.54) is 29.2 Å². The lowest BCUT2D eigenvalue weighted by atomic mass is 9.95. The van der Waals surface area contributed by atoms with Crippen molar-refractivity contribution >= 4 is 23.1 Å². The number of ether oxygens (including phenoxy) is 1. The number of likely N-dealkylation sites (tertiary alicyclic amines) is 1. The van der Waals surface area contributed by atoms with Crippen molar-refractivity contribution in [2.24, 2.45) is 0 Å². The average Bonchev–Trinajstić information content (AvgIpc) is 3.06. The van der Waals surface area contributed by atoms with Gasteiger partial charge in [0.05, 0.1) is 23.1 Å². The molecule has 1 aliphatic heterocycles. The van der Waals surface area contributed by atoms with Crippen LogP contribution in [0.15, 0.2) is 54.1 Å². The van der Waals surface area contributed by atoms with Gasteiger partial charge in [-0.05, 0) is 30.5 Å². The number of ketones is 1. The maximum absolute atomic E-state index is 12.9. The summed E-state index contributed by atoms with van der Waals surface area (Å²) in [7, 11) is 0. The lowest BCUT2D eigenvalue weighted by Crippen LogP contribution is -2.30. The number of rotatable bonds is 9. The molecule has 1 unspecified atom stereocenters. The molecule has 32 heavy (non-hydrogen) atoms. The topological polar surface area (TPSA) is 110 Å². The second kappa shape index (κ2) is 10.1. The molecule has 2 aromatic rings. The molecule has 1 saturated heterocycles. The number of nitrogens with zero attached hydrogens (tertiary/aromatic N) is 2. The van der Waals surface area contributed by atoms with Gasteiger partial charge in [0, 0.05) is 24.2 Å². The molecular formula is C24H26N2O6. The Morgan fingerprint density at radius 2 is 1.84 bits per heavy atom. The maximum atomic E-state index is 12.9. The number of aliphatic hydroxyl groups is 1. The molecule has 3 rings (SSSR count). The van der Waals surface area contributed by atoms with Crippen LogP contribution in [0, 0.1) is 10.1 Å². The first-order valence-electron chi connectivity index (χ1n) is 10.6. The van der Waals surface area contributed by atoms with Crippen LogP contribution in [0.5, 0.6) is 5.75 Å². The molecule has 1 N–H and O–H groups in total. The molecule has 1 atom stereocenters. The van der Waals surface area contributed by atoms with E-state index in [2.05, 4.69) is 0 Å². The quantitative estimate of drug-likeness (QED) is 0.201. The second-order valence-corrected chi connectivity index (χ2v) is 7.57. The fourth-order valence-corrected chi connectivity index (χ4v) is 3.67. The molecule has 1 heterocycles. The Kier molecular flexibility index (Phi) is 7.25. The molecule has 168 valence electrons. The summed E-state index contributed by atoms with van der Waals surface area (Å²) in [6, 6.07) is 11.6. The number of hydrogen-bond donors (Lipinski definition) is 1. The van der Waals surface area contributed by atoms with Gasteiger partial charge in [-0.1, -0.05) is 44.5 Å². The van der Waals surface area contributed by atoms with Crippen molar-refractivity contribution in [3.05, 3.63) is 75.3 Å². The number of carbonyl (C=O) groups is 2. The van der Waals surface area contributed by atoms with E-state index in [0.717, 1.165) is 12.8 Å². The first-order valence-corrected chi connectivity index (χ1v) is 10.6. The summed E-state index contributed by atoms with van der Waals surface area (Å²) in [6.07, 6.45) is 2.38. The molecule has 8 nitrogen and oxygen atoms in total. The normalized spacial score (nSPS) is 17.6. The smallest absolute Gasteiger partial charge is 0.295 e. The van der Waals surface area contributed by atoms with Crippen LogP contribution < -0.4 is 4.74 Å². The predicted octanol–water partition coefficient (Wildman–Crippen LogP) is 4.61. The van der Waals surface area contributed by atoms with E-state index >= 15 is 0 Å². The van der Waals surface area contributed by atoms with Crippen molar-refractivity contribution in [1.29, 1.82) is 0 Å². The Labute approximate surface area is 186 Å². The van der Waals surface area contributed by atoms with Gasteiger partial charge < -0.3 is 14.7 Å². The van der Waals surface area contributed by atoms with Crippen LogP contribution in [0.3, 0.4) is 0 Å². The highest BCUT2D eigenvalue weighted by Crippen LogP contribution is 2.40. The average molecular weight is 438 g/mol. The summed E-state index contributed by atoms with van der Waals surface area (Å²) in [5.41, 5.74) is 0.466. The van der Waals surface area contributed by atoms with E-state index in [1.54, 1.807) is 24.3 Å². The third-order valence-corrected chi connectivity index (χ3v) is 5.29. The number of nitro groups is 1. The van der Waals surface area contributed by atoms with E-state index in [0.29, 0.717) is 30.9 Å². The molecule has 0 radical (unpaired) electrons. The molecule has 2 aromatic carbocycles. The van der Waals surface area contributed by atoms with Crippen LogP contribution in [0.25, 0.3) is 5.76 Å². The molecular weight excluding hydrogens is 412 g/mol. The molecule has 1 fully saturated rings. The minimum atomic E-state index is -0.804. The SMILES string of the molecule is CCCCN1C(=O)C(=O)/C(=C(\O)c2cccc([N+](=O)[O-])c2)C1c1ccc(OCCC)cc1. The van der Waals surface area contributed by atoms with Gasteiger partial charge >= 0.3 is 0 Å². The molecule has 1 amide bonds. The second-order valence-electron chi connectivity index (χ2n) is 7.57. The van der Waals surface area contributed by atoms with Gasteiger partial charge in [0.15, 0.2) is 0 Å². The fraction of sp³-hybridized carbons (Fsp3) is 0.333. The number of non-ortho nitro benzene ring substituents is 1. The third-order valence-electron chi connectivity index (χ3n) is 5.29. The van der Waals surface area contributed by atoms with Gasteiger partial charge in [0.2, 0.25) is 0 Å². The first kappa shape index (κ1) is 23.0. The Balaban J connectivity index is 2.10. The molecule has 1 aliphatic rings. The molecule has 0 saturated carbocycles. The number of hydrogen-bond acceptors (Lipinski definition) is 6. The van der Waals surface area contributed by atoms with Crippen molar-refractivity contribution < 1.29 is 24.4 Å². The van der Waals surface area contributed by atoms with Crippen LogP contribution in [0.2, 0.25) is 0 Å². The van der Waals surface area contributed by atoms with Crippen molar-refractivity contribution in [3.8, 4) is 5.75 Å². The van der Waals surface area contributed by atoms with Crippen LogP contribution in [0.1, 0.15) is 50.3 Å². The highest BCUT2D eigenvalue weighted by Gasteiger charge is 2.45. The summed E-state index contributed by atoms with van der Waals surface area (Å²) >= 11 is 0. The van der Waals surface area contributed by atoms with Crippen LogP contribution in [0.4, 0.5) is 5.69 Å². The first-order chi connectivity index (χ1) is 15.4. The maximum Gasteiger partial charge on any atom is 0.295 e. The van der Waals surface area contributed by atoms with Crippen molar-refractivity contribution in [2.75, 3.05) is 13.2 Å².